The third kappa shape index (κ3) is 3.66. The van der Waals surface area contributed by atoms with Gasteiger partial charge in [0.05, 0.1) is 19.3 Å². The molecule has 120 valence electrons. The van der Waals surface area contributed by atoms with Crippen molar-refractivity contribution in [2.45, 2.75) is 19.5 Å². The molecular weight excluding hydrogens is 278 g/mol. The van der Waals surface area contributed by atoms with Gasteiger partial charge in [0.25, 0.3) is 5.91 Å². The van der Waals surface area contributed by atoms with Gasteiger partial charge in [0.15, 0.2) is 0 Å². The minimum Gasteiger partial charge on any atom is -0.379 e. The molecule has 1 N–H and O–H groups in total. The zero-order chi connectivity index (χ0) is 15.5. The first-order chi connectivity index (χ1) is 10.6. The van der Waals surface area contributed by atoms with Gasteiger partial charge in [-0.05, 0) is 31.2 Å². The van der Waals surface area contributed by atoms with E-state index in [1.807, 2.05) is 13.0 Å². The Labute approximate surface area is 132 Å². The number of carbonyl (C=O) groups excluding carboxylic acids is 1. The highest BCUT2D eigenvalue weighted by Crippen LogP contribution is 2.15. The third-order valence-corrected chi connectivity index (χ3v) is 4.46. The van der Waals surface area contributed by atoms with Crippen molar-refractivity contribution in [3.63, 3.8) is 0 Å². The Morgan fingerprint density at radius 2 is 2.05 bits per heavy atom. The van der Waals surface area contributed by atoms with Crippen molar-refractivity contribution in [2.24, 2.45) is 0 Å². The van der Waals surface area contributed by atoms with Crippen LogP contribution in [0.4, 0.5) is 0 Å². The lowest BCUT2D eigenvalue weighted by atomic mass is 10.0. The molecule has 2 fully saturated rings. The van der Waals surface area contributed by atoms with Gasteiger partial charge >= 0.3 is 0 Å². The first kappa shape index (κ1) is 15.5. The summed E-state index contributed by atoms with van der Waals surface area (Å²) in [6.45, 7) is 8.29. The lowest BCUT2D eigenvalue weighted by molar-refractivity contribution is 0.0341. The topological polar surface area (TPSA) is 44.8 Å². The van der Waals surface area contributed by atoms with E-state index in [0.717, 1.165) is 57.1 Å². The number of rotatable bonds is 4. The molecule has 2 aliphatic rings. The van der Waals surface area contributed by atoms with Crippen LogP contribution in [0.1, 0.15) is 21.5 Å². The van der Waals surface area contributed by atoms with Gasteiger partial charge < -0.3 is 15.0 Å². The molecule has 0 unspecified atom stereocenters. The SMILES string of the molecule is Cc1ccc(CN2CCOCC2)cc1C(=O)NC1CN(C)C1. The van der Waals surface area contributed by atoms with Crippen LogP contribution in [-0.4, -0.2) is 68.2 Å². The van der Waals surface area contributed by atoms with Crippen LogP contribution >= 0.6 is 0 Å². The number of morpholine rings is 1. The predicted molar refractivity (Wildman–Crippen MR) is 86.0 cm³/mol. The Kier molecular flexibility index (Phi) is 4.76. The van der Waals surface area contributed by atoms with Gasteiger partial charge in [0.2, 0.25) is 0 Å². The summed E-state index contributed by atoms with van der Waals surface area (Å²) in [5, 5.41) is 3.12. The summed E-state index contributed by atoms with van der Waals surface area (Å²) in [7, 11) is 2.07. The van der Waals surface area contributed by atoms with Crippen LogP contribution in [0.15, 0.2) is 18.2 Å². The number of benzene rings is 1. The molecule has 0 saturated carbocycles. The van der Waals surface area contributed by atoms with E-state index in [2.05, 4.69) is 34.3 Å². The number of ether oxygens (including phenoxy) is 1. The van der Waals surface area contributed by atoms with E-state index in [0.29, 0.717) is 6.04 Å². The van der Waals surface area contributed by atoms with Crippen molar-refractivity contribution >= 4 is 5.91 Å². The Hall–Kier alpha value is -1.43. The maximum absolute atomic E-state index is 12.5. The molecule has 2 heterocycles. The fraction of sp³-hybridized carbons (Fsp3) is 0.588. The Morgan fingerprint density at radius 1 is 1.32 bits per heavy atom. The number of likely N-dealkylation sites (tertiary alicyclic amines) is 1. The number of nitrogens with one attached hydrogen (secondary N) is 1. The van der Waals surface area contributed by atoms with E-state index in [4.69, 9.17) is 4.74 Å². The quantitative estimate of drug-likeness (QED) is 0.896. The number of likely N-dealkylation sites (N-methyl/N-ethyl adjacent to an activating group) is 1. The molecule has 3 rings (SSSR count). The van der Waals surface area contributed by atoms with E-state index in [1.165, 1.54) is 5.56 Å². The van der Waals surface area contributed by atoms with E-state index in [9.17, 15) is 4.79 Å². The number of amides is 1. The first-order valence-corrected chi connectivity index (χ1v) is 8.01. The van der Waals surface area contributed by atoms with Crippen LogP contribution in [0.2, 0.25) is 0 Å². The van der Waals surface area contributed by atoms with E-state index in [1.54, 1.807) is 0 Å². The van der Waals surface area contributed by atoms with E-state index < -0.39 is 0 Å². The highest BCUT2D eigenvalue weighted by Gasteiger charge is 2.25. The fourth-order valence-electron chi connectivity index (χ4n) is 3.08. The number of hydrogen-bond donors (Lipinski definition) is 1. The summed E-state index contributed by atoms with van der Waals surface area (Å²) in [4.78, 5) is 17.0. The molecule has 5 nitrogen and oxygen atoms in total. The van der Waals surface area contributed by atoms with E-state index >= 15 is 0 Å². The van der Waals surface area contributed by atoms with Crippen molar-refractivity contribution in [3.8, 4) is 0 Å². The minimum absolute atomic E-state index is 0.0550. The molecule has 0 radical (unpaired) electrons. The molecule has 0 atom stereocenters. The number of hydrogen-bond acceptors (Lipinski definition) is 4. The second kappa shape index (κ2) is 6.77. The molecular formula is C17H25N3O2. The predicted octanol–water partition coefficient (Wildman–Crippen LogP) is 0.871. The van der Waals surface area contributed by atoms with Gasteiger partial charge in [-0.3, -0.25) is 9.69 Å². The summed E-state index contributed by atoms with van der Waals surface area (Å²) < 4.78 is 5.38. The van der Waals surface area contributed by atoms with Crippen LogP contribution in [0.25, 0.3) is 0 Å². The second-order valence-corrected chi connectivity index (χ2v) is 6.43. The molecule has 0 aromatic heterocycles. The smallest absolute Gasteiger partial charge is 0.251 e. The van der Waals surface area contributed by atoms with Crippen LogP contribution in [-0.2, 0) is 11.3 Å². The summed E-state index contributed by atoms with van der Waals surface area (Å²) >= 11 is 0. The minimum atomic E-state index is 0.0550. The zero-order valence-corrected chi connectivity index (χ0v) is 13.5. The summed E-state index contributed by atoms with van der Waals surface area (Å²) in [5.41, 5.74) is 3.04. The first-order valence-electron chi connectivity index (χ1n) is 8.01. The number of nitrogens with zero attached hydrogens (tertiary/aromatic N) is 2. The van der Waals surface area contributed by atoms with Crippen molar-refractivity contribution in [2.75, 3.05) is 46.4 Å². The molecule has 2 saturated heterocycles. The maximum Gasteiger partial charge on any atom is 0.251 e. The Morgan fingerprint density at radius 3 is 2.73 bits per heavy atom. The summed E-state index contributed by atoms with van der Waals surface area (Å²) in [6, 6.07) is 6.51. The highest BCUT2D eigenvalue weighted by molar-refractivity contribution is 5.96. The lowest BCUT2D eigenvalue weighted by Gasteiger charge is -2.36. The highest BCUT2D eigenvalue weighted by atomic mass is 16.5. The van der Waals surface area contributed by atoms with Gasteiger partial charge in [0.1, 0.15) is 0 Å². The van der Waals surface area contributed by atoms with E-state index in [-0.39, 0.29) is 5.91 Å². The lowest BCUT2D eigenvalue weighted by Crippen LogP contribution is -2.57. The van der Waals surface area contributed by atoms with Crippen LogP contribution in [0.5, 0.6) is 0 Å². The normalized spacial score (nSPS) is 20.6. The molecule has 0 spiro atoms. The second-order valence-electron chi connectivity index (χ2n) is 6.43. The summed E-state index contributed by atoms with van der Waals surface area (Å²) in [5.74, 6) is 0.0550. The average Bonchev–Trinajstić information content (AvgIpc) is 2.48. The monoisotopic (exact) mass is 303 g/mol. The van der Waals surface area contributed by atoms with Crippen LogP contribution < -0.4 is 5.32 Å². The third-order valence-electron chi connectivity index (χ3n) is 4.46. The average molecular weight is 303 g/mol. The molecule has 1 aromatic rings. The summed E-state index contributed by atoms with van der Waals surface area (Å²) in [6.07, 6.45) is 0. The van der Waals surface area contributed by atoms with Crippen LogP contribution in [0.3, 0.4) is 0 Å². The zero-order valence-electron chi connectivity index (χ0n) is 13.5. The number of aryl methyl sites for hydroxylation is 1. The van der Waals surface area contributed by atoms with Crippen LogP contribution in [0, 0.1) is 6.92 Å². The Bertz CT molecular complexity index is 535. The molecule has 22 heavy (non-hydrogen) atoms. The van der Waals surface area contributed by atoms with Gasteiger partial charge in [-0.1, -0.05) is 12.1 Å². The largest absolute Gasteiger partial charge is 0.379 e. The Balaban J connectivity index is 1.65. The molecule has 0 aliphatic carbocycles. The maximum atomic E-state index is 12.5. The standard InChI is InChI=1S/C17H25N3O2/c1-13-3-4-14(10-20-5-7-22-8-6-20)9-16(13)17(21)18-15-11-19(2)12-15/h3-4,9,15H,5-8,10-12H2,1-2H3,(H,18,21). The molecule has 2 aliphatic heterocycles. The number of carbonyl (C=O) groups is 1. The van der Waals surface area contributed by atoms with Crippen molar-refractivity contribution in [1.82, 2.24) is 15.1 Å². The van der Waals surface area contributed by atoms with Gasteiger partial charge in [0, 0.05) is 38.3 Å². The van der Waals surface area contributed by atoms with Gasteiger partial charge in [-0.2, -0.15) is 0 Å². The van der Waals surface area contributed by atoms with Crippen molar-refractivity contribution in [1.29, 1.82) is 0 Å². The molecule has 0 bridgehead atoms. The molecule has 1 aromatic carbocycles. The van der Waals surface area contributed by atoms with Crippen molar-refractivity contribution in [3.05, 3.63) is 34.9 Å². The van der Waals surface area contributed by atoms with Gasteiger partial charge in [-0.15, -0.1) is 0 Å². The molecule has 5 heteroatoms. The fourth-order valence-corrected chi connectivity index (χ4v) is 3.08. The van der Waals surface area contributed by atoms with Gasteiger partial charge in [-0.25, -0.2) is 0 Å². The molecule has 1 amide bonds. The van der Waals surface area contributed by atoms with Crippen molar-refractivity contribution < 1.29 is 9.53 Å².